The van der Waals surface area contributed by atoms with E-state index >= 15 is 0 Å². The third-order valence-corrected chi connectivity index (χ3v) is 8.54. The monoisotopic (exact) mass is 547 g/mol. The van der Waals surface area contributed by atoms with Gasteiger partial charge in [0, 0.05) is 51.3 Å². The van der Waals surface area contributed by atoms with Crippen molar-refractivity contribution in [2.45, 2.75) is 51.0 Å². The van der Waals surface area contributed by atoms with E-state index in [0.717, 1.165) is 82.0 Å². The molecule has 5 rings (SSSR count). The molecular formula is C32H41N3O5. The number of carbonyl (C=O) groups excluding carboxylic acids is 1. The fraction of sp³-hybridized carbons (Fsp3) is 0.500. The number of para-hydroxylation sites is 3. The van der Waals surface area contributed by atoms with Gasteiger partial charge < -0.3 is 24.1 Å². The van der Waals surface area contributed by atoms with Crippen LogP contribution in [0.4, 0.5) is 5.69 Å². The number of nitrogens with one attached hydrogen (secondary N) is 1. The van der Waals surface area contributed by atoms with Gasteiger partial charge >= 0.3 is 0 Å². The number of rotatable bonds is 9. The molecule has 0 atom stereocenters. The molecule has 3 aromatic rings. The number of piperazine rings is 1. The lowest BCUT2D eigenvalue weighted by Gasteiger charge is -2.36. The van der Waals surface area contributed by atoms with Gasteiger partial charge in [0.05, 0.1) is 29.9 Å². The first-order chi connectivity index (χ1) is 19.5. The van der Waals surface area contributed by atoms with E-state index in [1.807, 2.05) is 25.1 Å². The number of anilines is 1. The molecule has 1 N–H and O–H groups in total. The van der Waals surface area contributed by atoms with Crippen LogP contribution >= 0.6 is 0 Å². The normalized spacial score (nSPS) is 20.0. The van der Waals surface area contributed by atoms with Crippen molar-refractivity contribution < 1.29 is 18.7 Å². The van der Waals surface area contributed by atoms with Crippen molar-refractivity contribution in [2.24, 2.45) is 0 Å². The van der Waals surface area contributed by atoms with Gasteiger partial charge in [-0.05, 0) is 69.8 Å². The Bertz CT molecular complexity index is 1370. The summed E-state index contributed by atoms with van der Waals surface area (Å²) < 4.78 is 17.4. The van der Waals surface area contributed by atoms with Crippen LogP contribution in [-0.2, 0) is 4.74 Å². The summed E-state index contributed by atoms with van der Waals surface area (Å²) in [7, 11) is 3.46. The second-order valence-corrected chi connectivity index (χ2v) is 10.9. The van der Waals surface area contributed by atoms with Gasteiger partial charge in [-0.2, -0.15) is 0 Å². The Morgan fingerprint density at radius 1 is 1.00 bits per heavy atom. The summed E-state index contributed by atoms with van der Waals surface area (Å²) in [5.74, 6) is 1.60. The zero-order valence-electron chi connectivity index (χ0n) is 23.9. The Morgan fingerprint density at radius 3 is 2.48 bits per heavy atom. The first-order valence-corrected chi connectivity index (χ1v) is 14.5. The van der Waals surface area contributed by atoms with Crippen LogP contribution in [-0.4, -0.2) is 70.4 Å². The lowest BCUT2D eigenvalue weighted by atomic mass is 9.84. The molecule has 1 aliphatic carbocycles. The number of nitrogens with zero attached hydrogens (tertiary/aromatic N) is 2. The van der Waals surface area contributed by atoms with Crippen LogP contribution in [0.3, 0.4) is 0 Å². The van der Waals surface area contributed by atoms with Crippen molar-refractivity contribution in [3.05, 3.63) is 69.6 Å². The van der Waals surface area contributed by atoms with Crippen LogP contribution in [0.25, 0.3) is 11.0 Å². The van der Waals surface area contributed by atoms with Crippen molar-refractivity contribution in [1.82, 2.24) is 10.2 Å². The van der Waals surface area contributed by atoms with Gasteiger partial charge in [-0.3, -0.25) is 14.5 Å². The summed E-state index contributed by atoms with van der Waals surface area (Å²) in [6.45, 7) is 7.13. The van der Waals surface area contributed by atoms with Crippen LogP contribution in [0.15, 0.2) is 51.7 Å². The number of amides is 1. The molecule has 2 aliphatic rings. The maximum absolute atomic E-state index is 13.2. The van der Waals surface area contributed by atoms with Crippen LogP contribution in [0.2, 0.25) is 0 Å². The van der Waals surface area contributed by atoms with Gasteiger partial charge in [0.15, 0.2) is 11.0 Å². The summed E-state index contributed by atoms with van der Waals surface area (Å²) >= 11 is 0. The van der Waals surface area contributed by atoms with E-state index < -0.39 is 0 Å². The average Bonchev–Trinajstić information content (AvgIpc) is 3.01. The molecule has 8 heteroatoms. The standard InChI is InChI=1S/C32H41N3O5/c1-22-29(36)25-8-6-9-26(31(25)40-30(22)23-12-14-24(38-2)15-13-23)32(37)33-16-7-17-34-18-20-35(21-19-34)27-10-4-5-11-28(27)39-3/h4-6,8-11,23-24H,7,12-21H2,1-3H3,(H,33,37)/t23-,24-. The van der Waals surface area contributed by atoms with Crippen molar-refractivity contribution >= 4 is 22.6 Å². The number of hydrogen-bond acceptors (Lipinski definition) is 7. The van der Waals surface area contributed by atoms with Gasteiger partial charge in [0.1, 0.15) is 11.5 Å². The van der Waals surface area contributed by atoms with Crippen molar-refractivity contribution in [3.8, 4) is 5.75 Å². The summed E-state index contributed by atoms with van der Waals surface area (Å²) in [6.07, 6.45) is 4.83. The topological polar surface area (TPSA) is 84.2 Å². The van der Waals surface area contributed by atoms with Gasteiger partial charge in [-0.15, -0.1) is 0 Å². The Morgan fingerprint density at radius 2 is 1.75 bits per heavy atom. The van der Waals surface area contributed by atoms with E-state index in [4.69, 9.17) is 13.9 Å². The summed E-state index contributed by atoms with van der Waals surface area (Å²) in [4.78, 5) is 31.3. The maximum atomic E-state index is 13.2. The zero-order valence-corrected chi connectivity index (χ0v) is 23.9. The molecule has 2 heterocycles. The second kappa shape index (κ2) is 12.9. The van der Waals surface area contributed by atoms with Crippen LogP contribution in [0.1, 0.15) is 59.7 Å². The lowest BCUT2D eigenvalue weighted by molar-refractivity contribution is 0.0638. The van der Waals surface area contributed by atoms with Gasteiger partial charge in [0.2, 0.25) is 0 Å². The molecule has 0 radical (unpaired) electrons. The molecule has 1 aliphatic heterocycles. The number of benzene rings is 2. The minimum absolute atomic E-state index is 0.0490. The fourth-order valence-corrected chi connectivity index (χ4v) is 6.16. The molecule has 0 bridgehead atoms. The summed E-state index contributed by atoms with van der Waals surface area (Å²) in [5.41, 5.74) is 2.56. The Labute approximate surface area is 236 Å². The van der Waals surface area contributed by atoms with E-state index in [-0.39, 0.29) is 23.4 Å². The number of hydrogen-bond donors (Lipinski definition) is 1. The van der Waals surface area contributed by atoms with E-state index in [0.29, 0.717) is 28.6 Å². The van der Waals surface area contributed by atoms with E-state index in [1.54, 1.807) is 32.4 Å². The van der Waals surface area contributed by atoms with Crippen molar-refractivity contribution in [1.29, 1.82) is 0 Å². The highest BCUT2D eigenvalue weighted by Crippen LogP contribution is 2.36. The molecule has 1 saturated heterocycles. The first-order valence-electron chi connectivity index (χ1n) is 14.5. The molecule has 2 aromatic carbocycles. The molecular weight excluding hydrogens is 506 g/mol. The number of carbonyl (C=O) groups is 1. The number of ether oxygens (including phenoxy) is 2. The average molecular weight is 548 g/mol. The van der Waals surface area contributed by atoms with Crippen LogP contribution in [0, 0.1) is 6.92 Å². The molecule has 0 spiro atoms. The SMILES string of the molecule is COc1ccccc1N1CCN(CCCNC(=O)c2cccc3c(=O)c(C)c([C@H]4CC[C@H](OC)CC4)oc23)CC1. The van der Waals surface area contributed by atoms with Gasteiger partial charge in [0.25, 0.3) is 5.91 Å². The van der Waals surface area contributed by atoms with E-state index in [1.165, 1.54) is 0 Å². The van der Waals surface area contributed by atoms with Crippen LogP contribution < -0.4 is 20.4 Å². The number of methoxy groups -OCH3 is 2. The van der Waals surface area contributed by atoms with Crippen molar-refractivity contribution in [2.75, 3.05) is 58.4 Å². The third-order valence-electron chi connectivity index (χ3n) is 8.54. The minimum atomic E-state index is -0.201. The van der Waals surface area contributed by atoms with Gasteiger partial charge in [-0.25, -0.2) is 0 Å². The van der Waals surface area contributed by atoms with Crippen LogP contribution in [0.5, 0.6) is 5.75 Å². The molecule has 40 heavy (non-hydrogen) atoms. The predicted molar refractivity (Wildman–Crippen MR) is 158 cm³/mol. The largest absolute Gasteiger partial charge is 0.495 e. The molecule has 0 unspecified atom stereocenters. The van der Waals surface area contributed by atoms with E-state index in [2.05, 4.69) is 21.2 Å². The first kappa shape index (κ1) is 28.2. The minimum Gasteiger partial charge on any atom is -0.495 e. The summed E-state index contributed by atoms with van der Waals surface area (Å²) in [5, 5.41) is 3.52. The quantitative estimate of drug-likeness (QED) is 0.388. The highest BCUT2D eigenvalue weighted by Gasteiger charge is 2.27. The summed E-state index contributed by atoms with van der Waals surface area (Å²) in [6, 6.07) is 13.4. The Balaban J connectivity index is 1.17. The van der Waals surface area contributed by atoms with Crippen molar-refractivity contribution in [3.63, 3.8) is 0 Å². The molecule has 1 saturated carbocycles. The lowest BCUT2D eigenvalue weighted by Crippen LogP contribution is -2.47. The van der Waals surface area contributed by atoms with Gasteiger partial charge in [-0.1, -0.05) is 18.2 Å². The Hall–Kier alpha value is -3.36. The number of fused-ring (bicyclic) bond motifs is 1. The molecule has 1 aromatic heterocycles. The highest BCUT2D eigenvalue weighted by molar-refractivity contribution is 6.04. The van der Waals surface area contributed by atoms with E-state index in [9.17, 15) is 9.59 Å². The Kier molecular flexibility index (Phi) is 9.07. The predicted octanol–water partition coefficient (Wildman–Crippen LogP) is 4.72. The molecule has 8 nitrogen and oxygen atoms in total. The molecule has 214 valence electrons. The molecule has 2 fully saturated rings. The second-order valence-electron chi connectivity index (χ2n) is 10.9. The highest BCUT2D eigenvalue weighted by atomic mass is 16.5. The maximum Gasteiger partial charge on any atom is 0.255 e. The molecule has 1 amide bonds. The zero-order chi connectivity index (χ0) is 28.1. The third kappa shape index (κ3) is 6.03. The smallest absolute Gasteiger partial charge is 0.255 e. The fourth-order valence-electron chi connectivity index (χ4n) is 6.16.